The SMILES string of the molecule is C[C@H](CCC1OC1(C)C)[C@H]1CC[C@H]2[C@@H]3C=CC4=CCCC[C@]4(C)[C@H]3CC[C@]12C. The van der Waals surface area contributed by atoms with Crippen LogP contribution in [0.3, 0.4) is 0 Å². The fourth-order valence-electron chi connectivity index (χ4n) is 8.51. The van der Waals surface area contributed by atoms with Crippen LogP contribution >= 0.6 is 0 Å². The molecule has 4 aliphatic carbocycles. The molecular weight excluding hydrogens is 340 g/mol. The second-order valence-corrected chi connectivity index (χ2v) is 12.1. The molecule has 0 aromatic carbocycles. The van der Waals surface area contributed by atoms with E-state index in [-0.39, 0.29) is 5.60 Å². The molecule has 0 aromatic heterocycles. The number of hydrogen-bond acceptors (Lipinski definition) is 1. The van der Waals surface area contributed by atoms with Crippen molar-refractivity contribution >= 4 is 0 Å². The van der Waals surface area contributed by atoms with Gasteiger partial charge in [0.1, 0.15) is 0 Å². The van der Waals surface area contributed by atoms with Crippen molar-refractivity contribution in [2.45, 2.75) is 104 Å². The van der Waals surface area contributed by atoms with E-state index in [1.54, 1.807) is 5.57 Å². The molecule has 8 atom stereocenters. The molecule has 5 aliphatic rings. The van der Waals surface area contributed by atoms with Crippen molar-refractivity contribution in [1.82, 2.24) is 0 Å². The molecule has 5 rings (SSSR count). The maximum absolute atomic E-state index is 5.87. The zero-order chi connectivity index (χ0) is 19.7. The van der Waals surface area contributed by atoms with Gasteiger partial charge in [0, 0.05) is 0 Å². The highest BCUT2D eigenvalue weighted by atomic mass is 16.6. The smallest absolute Gasteiger partial charge is 0.0892 e. The molecule has 1 heterocycles. The number of epoxide rings is 1. The molecule has 0 amide bonds. The molecule has 1 aliphatic heterocycles. The van der Waals surface area contributed by atoms with Gasteiger partial charge in [0.2, 0.25) is 0 Å². The summed E-state index contributed by atoms with van der Waals surface area (Å²) in [5.41, 5.74) is 2.88. The maximum Gasteiger partial charge on any atom is 0.0892 e. The van der Waals surface area contributed by atoms with E-state index in [9.17, 15) is 0 Å². The summed E-state index contributed by atoms with van der Waals surface area (Å²) in [7, 11) is 0. The number of rotatable bonds is 4. The number of hydrogen-bond donors (Lipinski definition) is 0. The highest BCUT2D eigenvalue weighted by Gasteiger charge is 2.58. The molecule has 1 unspecified atom stereocenters. The van der Waals surface area contributed by atoms with Crippen LogP contribution in [0.15, 0.2) is 23.8 Å². The molecule has 0 radical (unpaired) electrons. The highest BCUT2D eigenvalue weighted by Crippen LogP contribution is 2.66. The van der Waals surface area contributed by atoms with Crippen molar-refractivity contribution in [3.8, 4) is 0 Å². The molecular formula is C27H42O. The van der Waals surface area contributed by atoms with Gasteiger partial charge in [0.05, 0.1) is 11.7 Å². The second-order valence-electron chi connectivity index (χ2n) is 12.1. The lowest BCUT2D eigenvalue weighted by molar-refractivity contribution is -0.0264. The first kappa shape index (κ1) is 19.4. The van der Waals surface area contributed by atoms with Crippen molar-refractivity contribution in [3.05, 3.63) is 23.8 Å². The van der Waals surface area contributed by atoms with E-state index >= 15 is 0 Å². The summed E-state index contributed by atoms with van der Waals surface area (Å²) in [5.74, 6) is 4.42. The minimum absolute atomic E-state index is 0.160. The first-order chi connectivity index (χ1) is 13.3. The fraction of sp³-hybridized carbons (Fsp3) is 0.852. The molecule has 1 heteroatoms. The van der Waals surface area contributed by atoms with Gasteiger partial charge in [0.25, 0.3) is 0 Å². The van der Waals surface area contributed by atoms with Gasteiger partial charge >= 0.3 is 0 Å². The van der Waals surface area contributed by atoms with Gasteiger partial charge in [-0.2, -0.15) is 0 Å². The van der Waals surface area contributed by atoms with Crippen LogP contribution in [-0.4, -0.2) is 11.7 Å². The Morgan fingerprint density at radius 1 is 1.07 bits per heavy atom. The minimum atomic E-state index is 0.160. The average Bonchev–Trinajstić information content (AvgIpc) is 3.10. The summed E-state index contributed by atoms with van der Waals surface area (Å²) in [4.78, 5) is 0. The Hall–Kier alpha value is -0.560. The van der Waals surface area contributed by atoms with Gasteiger partial charge < -0.3 is 4.74 Å². The first-order valence-electron chi connectivity index (χ1n) is 12.3. The van der Waals surface area contributed by atoms with Crippen molar-refractivity contribution in [2.75, 3.05) is 0 Å². The summed E-state index contributed by atoms with van der Waals surface area (Å²) in [6.07, 6.45) is 20.9. The number of ether oxygens (including phenoxy) is 1. The molecule has 1 nitrogen and oxygen atoms in total. The lowest BCUT2D eigenvalue weighted by Gasteiger charge is -2.56. The van der Waals surface area contributed by atoms with Gasteiger partial charge in [-0.15, -0.1) is 0 Å². The molecule has 0 spiro atoms. The van der Waals surface area contributed by atoms with Gasteiger partial charge in [-0.25, -0.2) is 0 Å². The largest absolute Gasteiger partial charge is 0.367 e. The zero-order valence-electron chi connectivity index (χ0n) is 19.0. The van der Waals surface area contributed by atoms with Crippen molar-refractivity contribution in [1.29, 1.82) is 0 Å². The molecule has 156 valence electrons. The van der Waals surface area contributed by atoms with E-state index in [1.807, 2.05) is 0 Å². The average molecular weight is 383 g/mol. The van der Waals surface area contributed by atoms with Gasteiger partial charge in [0.15, 0.2) is 0 Å². The standard InChI is InChI=1S/C27H42O/c1-18(9-14-24-25(2,3)28-24)21-12-13-22-20-11-10-19-8-6-7-16-26(19,4)23(20)15-17-27(21,22)5/h8,10-11,18,20-24H,6-7,9,12-17H2,1-5H3/t18-,20+,21-,22+,23+,24?,26+,27-/m1/s1. The van der Waals surface area contributed by atoms with Crippen LogP contribution < -0.4 is 0 Å². The van der Waals surface area contributed by atoms with E-state index in [1.165, 1.54) is 57.8 Å². The first-order valence-corrected chi connectivity index (χ1v) is 12.3. The second kappa shape index (κ2) is 6.47. The van der Waals surface area contributed by atoms with Crippen molar-refractivity contribution < 1.29 is 4.74 Å². The highest BCUT2D eigenvalue weighted by molar-refractivity contribution is 5.35. The topological polar surface area (TPSA) is 12.5 Å². The van der Waals surface area contributed by atoms with Crippen molar-refractivity contribution in [3.63, 3.8) is 0 Å². The maximum atomic E-state index is 5.87. The summed E-state index contributed by atoms with van der Waals surface area (Å²) in [5, 5.41) is 0. The Morgan fingerprint density at radius 2 is 1.86 bits per heavy atom. The molecule has 0 bridgehead atoms. The van der Waals surface area contributed by atoms with E-state index in [4.69, 9.17) is 4.74 Å². The third-order valence-corrected chi connectivity index (χ3v) is 10.4. The Balaban J connectivity index is 1.32. The van der Waals surface area contributed by atoms with Gasteiger partial charge in [-0.05, 0) is 118 Å². The Morgan fingerprint density at radius 3 is 2.61 bits per heavy atom. The van der Waals surface area contributed by atoms with Crippen LogP contribution in [0.4, 0.5) is 0 Å². The number of allylic oxidation sites excluding steroid dienone is 4. The third-order valence-electron chi connectivity index (χ3n) is 10.4. The van der Waals surface area contributed by atoms with Crippen LogP contribution in [-0.2, 0) is 4.74 Å². The monoisotopic (exact) mass is 382 g/mol. The van der Waals surface area contributed by atoms with Gasteiger partial charge in [-0.1, -0.05) is 39.0 Å². The predicted molar refractivity (Wildman–Crippen MR) is 117 cm³/mol. The van der Waals surface area contributed by atoms with Crippen LogP contribution in [0, 0.1) is 40.4 Å². The van der Waals surface area contributed by atoms with E-state index < -0.39 is 0 Å². The lowest BCUT2D eigenvalue weighted by atomic mass is 9.48. The summed E-state index contributed by atoms with van der Waals surface area (Å²) >= 11 is 0. The molecule has 3 fully saturated rings. The summed E-state index contributed by atoms with van der Waals surface area (Å²) in [6.45, 7) is 12.3. The molecule has 0 aromatic rings. The summed E-state index contributed by atoms with van der Waals surface area (Å²) in [6, 6.07) is 0. The zero-order valence-corrected chi connectivity index (χ0v) is 19.0. The fourth-order valence-corrected chi connectivity index (χ4v) is 8.51. The lowest BCUT2D eigenvalue weighted by Crippen LogP contribution is -2.49. The quantitative estimate of drug-likeness (QED) is 0.464. The van der Waals surface area contributed by atoms with Crippen LogP contribution in [0.5, 0.6) is 0 Å². The molecule has 0 N–H and O–H groups in total. The number of fused-ring (bicyclic) bond motifs is 5. The Kier molecular flexibility index (Phi) is 4.48. The Bertz CT molecular complexity index is 686. The van der Waals surface area contributed by atoms with Crippen LogP contribution in [0.25, 0.3) is 0 Å². The van der Waals surface area contributed by atoms with Crippen LogP contribution in [0.1, 0.15) is 92.4 Å². The third kappa shape index (κ3) is 2.82. The van der Waals surface area contributed by atoms with E-state index in [2.05, 4.69) is 52.8 Å². The summed E-state index contributed by atoms with van der Waals surface area (Å²) < 4.78 is 5.87. The van der Waals surface area contributed by atoms with E-state index in [0.29, 0.717) is 16.9 Å². The molecule has 2 saturated carbocycles. The molecule has 28 heavy (non-hydrogen) atoms. The Labute approximate surface area is 173 Å². The molecule has 1 saturated heterocycles. The van der Waals surface area contributed by atoms with Crippen LogP contribution in [0.2, 0.25) is 0 Å². The van der Waals surface area contributed by atoms with Gasteiger partial charge in [-0.3, -0.25) is 0 Å². The van der Waals surface area contributed by atoms with Crippen molar-refractivity contribution in [2.24, 2.45) is 40.4 Å². The minimum Gasteiger partial charge on any atom is -0.367 e. The normalized spacial score (nSPS) is 49.6. The van der Waals surface area contributed by atoms with E-state index in [0.717, 1.165) is 29.6 Å². The predicted octanol–water partition coefficient (Wildman–Crippen LogP) is 7.33.